The van der Waals surface area contributed by atoms with Crippen molar-refractivity contribution in [2.75, 3.05) is 7.05 Å². The van der Waals surface area contributed by atoms with Gasteiger partial charge in [0.2, 0.25) is 0 Å². The van der Waals surface area contributed by atoms with Crippen LogP contribution in [0.15, 0.2) is 53.3 Å². The Morgan fingerprint density at radius 2 is 1.47 bits per heavy atom. The molecule has 2 aromatic carbocycles. The third-order valence-corrected chi connectivity index (χ3v) is 3.58. The first kappa shape index (κ1) is 11.9. The lowest BCUT2D eigenvalue weighted by Crippen LogP contribution is -2.26. The van der Waals surface area contributed by atoms with Gasteiger partial charge in [-0.05, 0) is 36.5 Å². The minimum atomic E-state index is 0.0429. The molecular weight excluding hydrogens is 256 g/mol. The van der Waals surface area contributed by atoms with Crippen LogP contribution in [0.2, 0.25) is 0 Å². The van der Waals surface area contributed by atoms with Crippen LogP contribution in [0, 0.1) is 0 Å². The van der Waals surface area contributed by atoms with E-state index < -0.39 is 0 Å². The second-order valence-corrected chi connectivity index (χ2v) is 4.64. The third kappa shape index (κ3) is 1.72. The molecule has 0 unspecified atom stereocenters. The predicted octanol–water partition coefficient (Wildman–Crippen LogP) is 2.51. The lowest BCUT2D eigenvalue weighted by atomic mass is 10.1. The first-order valence-electron chi connectivity index (χ1n) is 5.98. The molecule has 1 N–H and O–H groups in total. The summed E-state index contributed by atoms with van der Waals surface area (Å²) in [7, 11) is 1.78. The molecule has 19 heavy (non-hydrogen) atoms. The van der Waals surface area contributed by atoms with E-state index in [1.165, 1.54) is 0 Å². The summed E-state index contributed by atoms with van der Waals surface area (Å²) in [5.41, 5.74) is 1.69. The van der Waals surface area contributed by atoms with Crippen molar-refractivity contribution in [1.29, 1.82) is 0 Å². The first-order chi connectivity index (χ1) is 9.24. The fourth-order valence-corrected chi connectivity index (χ4v) is 2.52. The summed E-state index contributed by atoms with van der Waals surface area (Å²) in [4.78, 5) is 12.5. The van der Waals surface area contributed by atoms with Gasteiger partial charge in [0, 0.05) is 17.8 Å². The number of pyridine rings is 1. The molecule has 4 heteroatoms. The number of aromatic nitrogens is 1. The van der Waals surface area contributed by atoms with Crippen LogP contribution in [0.1, 0.15) is 0 Å². The van der Waals surface area contributed by atoms with E-state index in [1.807, 2.05) is 53.1 Å². The lowest BCUT2D eigenvalue weighted by molar-refractivity contribution is 1.10. The molecule has 0 radical (unpaired) electrons. The van der Waals surface area contributed by atoms with Crippen LogP contribution >= 0.6 is 12.2 Å². The van der Waals surface area contributed by atoms with Crippen molar-refractivity contribution >= 4 is 39.1 Å². The number of para-hydroxylation sites is 2. The highest BCUT2D eigenvalue weighted by Crippen LogP contribution is 2.18. The molecule has 3 aromatic rings. The third-order valence-electron chi connectivity index (χ3n) is 3.20. The van der Waals surface area contributed by atoms with Crippen molar-refractivity contribution in [3.63, 3.8) is 0 Å². The summed E-state index contributed by atoms with van der Waals surface area (Å²) in [6.07, 6.45) is 0. The quantitative estimate of drug-likeness (QED) is 0.502. The van der Waals surface area contributed by atoms with Gasteiger partial charge in [0.1, 0.15) is 0 Å². The molecule has 3 rings (SSSR count). The lowest BCUT2D eigenvalue weighted by Gasteiger charge is -2.15. The molecule has 1 heterocycles. The Hall–Kier alpha value is -2.20. The second kappa shape index (κ2) is 4.48. The minimum Gasteiger partial charge on any atom is -0.365 e. The Labute approximate surface area is 115 Å². The molecule has 0 spiro atoms. The normalized spacial score (nSPS) is 10.8. The molecule has 1 aromatic heterocycles. The predicted molar refractivity (Wildman–Crippen MR) is 82.8 cm³/mol. The number of benzene rings is 2. The van der Waals surface area contributed by atoms with Crippen molar-refractivity contribution in [3.8, 4) is 0 Å². The fourth-order valence-electron chi connectivity index (χ4n) is 2.33. The van der Waals surface area contributed by atoms with Crippen LogP contribution in [0.25, 0.3) is 21.8 Å². The van der Waals surface area contributed by atoms with E-state index in [2.05, 4.69) is 5.32 Å². The molecule has 0 aliphatic rings. The van der Waals surface area contributed by atoms with Crippen molar-refractivity contribution in [3.05, 3.63) is 58.8 Å². The molecule has 0 saturated heterocycles. The molecule has 0 aliphatic heterocycles. The van der Waals surface area contributed by atoms with Gasteiger partial charge >= 0.3 is 0 Å². The van der Waals surface area contributed by atoms with Crippen LogP contribution in [-0.2, 0) is 0 Å². The number of fused-ring (bicyclic) bond motifs is 2. The SMILES string of the molecule is CNC(=S)n1c2ccccc2c(=O)c2ccccc21. The maximum atomic E-state index is 12.5. The Morgan fingerprint density at radius 1 is 1.00 bits per heavy atom. The Balaban J connectivity index is 2.64. The van der Waals surface area contributed by atoms with E-state index in [9.17, 15) is 4.79 Å². The molecule has 0 bridgehead atoms. The number of rotatable bonds is 0. The van der Waals surface area contributed by atoms with Crippen molar-refractivity contribution in [1.82, 2.24) is 9.88 Å². The highest BCUT2D eigenvalue weighted by atomic mass is 32.1. The number of hydrogen-bond acceptors (Lipinski definition) is 2. The highest BCUT2D eigenvalue weighted by molar-refractivity contribution is 7.80. The van der Waals surface area contributed by atoms with Gasteiger partial charge in [-0.15, -0.1) is 0 Å². The van der Waals surface area contributed by atoms with Gasteiger partial charge < -0.3 is 5.32 Å². The van der Waals surface area contributed by atoms with Gasteiger partial charge in [-0.2, -0.15) is 0 Å². The maximum Gasteiger partial charge on any atom is 0.197 e. The zero-order chi connectivity index (χ0) is 13.4. The number of thiocarbonyl (C=S) groups is 1. The van der Waals surface area contributed by atoms with E-state index in [0.29, 0.717) is 15.9 Å². The largest absolute Gasteiger partial charge is 0.365 e. The number of nitrogens with one attached hydrogen (secondary N) is 1. The standard InChI is InChI=1S/C15H12N2OS/c1-16-15(19)17-12-8-4-2-6-10(12)14(18)11-7-3-5-9-13(11)17/h2-9H,1H3,(H,16,19). The maximum absolute atomic E-state index is 12.5. The van der Waals surface area contributed by atoms with E-state index >= 15 is 0 Å². The summed E-state index contributed by atoms with van der Waals surface area (Å²) in [5.74, 6) is 0. The zero-order valence-corrected chi connectivity index (χ0v) is 11.2. The monoisotopic (exact) mass is 268 g/mol. The van der Waals surface area contributed by atoms with Gasteiger partial charge in [-0.3, -0.25) is 9.36 Å². The molecular formula is C15H12N2OS. The molecule has 3 nitrogen and oxygen atoms in total. The molecule has 0 aliphatic carbocycles. The molecule has 0 saturated carbocycles. The average Bonchev–Trinajstić information content (AvgIpc) is 2.47. The summed E-state index contributed by atoms with van der Waals surface area (Å²) in [6, 6.07) is 15.0. The molecule has 0 atom stereocenters. The van der Waals surface area contributed by atoms with Crippen LogP contribution in [-0.4, -0.2) is 16.7 Å². The van der Waals surface area contributed by atoms with Crippen molar-refractivity contribution in [2.24, 2.45) is 0 Å². The Kier molecular flexibility index (Phi) is 2.80. The van der Waals surface area contributed by atoms with Crippen LogP contribution in [0.5, 0.6) is 0 Å². The van der Waals surface area contributed by atoms with E-state index in [-0.39, 0.29) is 5.43 Å². The van der Waals surface area contributed by atoms with Gasteiger partial charge in [0.25, 0.3) is 0 Å². The van der Waals surface area contributed by atoms with Gasteiger partial charge in [-0.1, -0.05) is 24.3 Å². The first-order valence-corrected chi connectivity index (χ1v) is 6.39. The fraction of sp³-hybridized carbons (Fsp3) is 0.0667. The van der Waals surface area contributed by atoms with Crippen molar-refractivity contribution in [2.45, 2.75) is 0 Å². The molecule has 94 valence electrons. The Bertz CT molecular complexity index is 792. The van der Waals surface area contributed by atoms with E-state index in [0.717, 1.165) is 11.0 Å². The van der Waals surface area contributed by atoms with Crippen LogP contribution < -0.4 is 10.7 Å². The molecule has 0 fully saturated rings. The van der Waals surface area contributed by atoms with Gasteiger partial charge in [0.05, 0.1) is 11.0 Å². The number of hydrogen-bond donors (Lipinski definition) is 1. The number of nitrogens with zero attached hydrogens (tertiary/aromatic N) is 1. The van der Waals surface area contributed by atoms with Crippen molar-refractivity contribution < 1.29 is 0 Å². The van der Waals surface area contributed by atoms with Gasteiger partial charge in [-0.25, -0.2) is 0 Å². The van der Waals surface area contributed by atoms with Crippen LogP contribution in [0.4, 0.5) is 0 Å². The van der Waals surface area contributed by atoms with Gasteiger partial charge in [0.15, 0.2) is 10.5 Å². The Morgan fingerprint density at radius 3 is 1.95 bits per heavy atom. The molecule has 0 amide bonds. The topological polar surface area (TPSA) is 34.0 Å². The second-order valence-electron chi connectivity index (χ2n) is 4.25. The van der Waals surface area contributed by atoms with E-state index in [1.54, 1.807) is 7.05 Å². The average molecular weight is 268 g/mol. The van der Waals surface area contributed by atoms with E-state index in [4.69, 9.17) is 12.2 Å². The summed E-state index contributed by atoms with van der Waals surface area (Å²) >= 11 is 5.37. The summed E-state index contributed by atoms with van der Waals surface area (Å²) in [6.45, 7) is 0. The summed E-state index contributed by atoms with van der Waals surface area (Å²) < 4.78 is 1.90. The smallest absolute Gasteiger partial charge is 0.197 e. The summed E-state index contributed by atoms with van der Waals surface area (Å²) in [5, 5.41) is 4.91. The minimum absolute atomic E-state index is 0.0429. The van der Waals surface area contributed by atoms with Crippen LogP contribution in [0.3, 0.4) is 0 Å². The highest BCUT2D eigenvalue weighted by Gasteiger charge is 2.11. The zero-order valence-electron chi connectivity index (χ0n) is 10.4.